The van der Waals surface area contributed by atoms with Crippen LogP contribution in [0, 0.1) is 6.92 Å². The molecule has 3 heteroatoms. The van der Waals surface area contributed by atoms with Gasteiger partial charge in [0.2, 0.25) is 0 Å². The number of pyridine rings is 1. The highest BCUT2D eigenvalue weighted by Gasteiger charge is 1.96. The Labute approximate surface area is 87.3 Å². The fraction of sp³-hybridized carbons (Fsp3) is 0.0833. The highest BCUT2D eigenvalue weighted by molar-refractivity contribution is 5.31. The molecule has 0 saturated carbocycles. The summed E-state index contributed by atoms with van der Waals surface area (Å²) in [4.78, 5) is 13.5. The molecule has 0 unspecified atom stereocenters. The maximum atomic E-state index is 11.0. The Kier molecular flexibility index (Phi) is 2.54. The fourth-order valence-corrected chi connectivity index (χ4v) is 1.23. The van der Waals surface area contributed by atoms with Crippen LogP contribution in [0.3, 0.4) is 0 Å². The summed E-state index contributed by atoms with van der Waals surface area (Å²) >= 11 is 0. The molecular formula is C12H11NO2. The fourth-order valence-electron chi connectivity index (χ4n) is 1.23. The first-order valence-electron chi connectivity index (χ1n) is 4.67. The standard InChI is InChI=1S/C12H11NO2/c1-9-2-4-10(5-3-9)15-11-6-7-13-12(14)8-11/h2-8H,1H3,(H,13,14). The Morgan fingerprint density at radius 3 is 2.47 bits per heavy atom. The normalized spacial score (nSPS) is 9.93. The monoisotopic (exact) mass is 201 g/mol. The summed E-state index contributed by atoms with van der Waals surface area (Å²) < 4.78 is 5.49. The molecule has 0 saturated heterocycles. The average molecular weight is 201 g/mol. The molecular weight excluding hydrogens is 190 g/mol. The molecule has 0 aliphatic carbocycles. The van der Waals surface area contributed by atoms with Crippen LogP contribution in [0.15, 0.2) is 47.4 Å². The minimum atomic E-state index is -0.167. The van der Waals surface area contributed by atoms with Gasteiger partial charge < -0.3 is 9.72 Å². The lowest BCUT2D eigenvalue weighted by molar-refractivity contribution is 0.481. The Balaban J connectivity index is 2.22. The zero-order valence-electron chi connectivity index (χ0n) is 8.36. The summed E-state index contributed by atoms with van der Waals surface area (Å²) in [7, 11) is 0. The molecule has 2 rings (SSSR count). The van der Waals surface area contributed by atoms with Gasteiger partial charge in [-0.1, -0.05) is 17.7 Å². The molecule has 0 aliphatic heterocycles. The number of hydrogen-bond acceptors (Lipinski definition) is 2. The third kappa shape index (κ3) is 2.47. The first kappa shape index (κ1) is 9.52. The Hall–Kier alpha value is -2.03. The van der Waals surface area contributed by atoms with E-state index in [1.54, 1.807) is 12.3 Å². The van der Waals surface area contributed by atoms with Crippen LogP contribution in [0.1, 0.15) is 5.56 Å². The van der Waals surface area contributed by atoms with Crippen LogP contribution in [0.2, 0.25) is 0 Å². The third-order valence-corrected chi connectivity index (χ3v) is 2.00. The SMILES string of the molecule is Cc1ccc(Oc2cc[nH]c(=O)c2)cc1. The van der Waals surface area contributed by atoms with Gasteiger partial charge in [0.25, 0.3) is 5.56 Å². The van der Waals surface area contributed by atoms with Crippen molar-refractivity contribution >= 4 is 0 Å². The topological polar surface area (TPSA) is 42.1 Å². The molecule has 1 aromatic carbocycles. The lowest BCUT2D eigenvalue weighted by Gasteiger charge is -2.04. The summed E-state index contributed by atoms with van der Waals surface area (Å²) in [5.74, 6) is 1.27. The van der Waals surface area contributed by atoms with Crippen LogP contribution >= 0.6 is 0 Å². The van der Waals surface area contributed by atoms with Crippen molar-refractivity contribution in [1.82, 2.24) is 4.98 Å². The number of nitrogens with one attached hydrogen (secondary N) is 1. The minimum absolute atomic E-state index is 0.167. The number of hydrogen-bond donors (Lipinski definition) is 1. The average Bonchev–Trinajstić information content (AvgIpc) is 2.22. The molecule has 0 aliphatic rings. The van der Waals surface area contributed by atoms with Crippen molar-refractivity contribution in [3.05, 3.63) is 58.5 Å². The van der Waals surface area contributed by atoms with Crippen LogP contribution in [-0.2, 0) is 0 Å². The molecule has 1 aromatic heterocycles. The molecule has 0 atom stereocenters. The van der Waals surface area contributed by atoms with E-state index in [0.717, 1.165) is 5.75 Å². The maximum absolute atomic E-state index is 11.0. The van der Waals surface area contributed by atoms with Crippen molar-refractivity contribution in [3.8, 4) is 11.5 Å². The Bertz CT molecular complexity index is 500. The summed E-state index contributed by atoms with van der Waals surface area (Å²) in [6.07, 6.45) is 1.56. The molecule has 1 N–H and O–H groups in total. The molecule has 0 fully saturated rings. The molecule has 2 aromatic rings. The van der Waals surface area contributed by atoms with Crippen LogP contribution in [0.25, 0.3) is 0 Å². The second kappa shape index (κ2) is 4.00. The van der Waals surface area contributed by atoms with E-state index in [2.05, 4.69) is 4.98 Å². The zero-order chi connectivity index (χ0) is 10.7. The van der Waals surface area contributed by atoms with Crippen LogP contribution in [0.5, 0.6) is 11.5 Å². The van der Waals surface area contributed by atoms with E-state index in [4.69, 9.17) is 4.74 Å². The van der Waals surface area contributed by atoms with Gasteiger partial charge in [0.1, 0.15) is 11.5 Å². The zero-order valence-corrected chi connectivity index (χ0v) is 8.36. The lowest BCUT2D eigenvalue weighted by atomic mass is 10.2. The van der Waals surface area contributed by atoms with E-state index in [0.29, 0.717) is 5.75 Å². The summed E-state index contributed by atoms with van der Waals surface area (Å²) in [6, 6.07) is 10.8. The molecule has 0 bridgehead atoms. The summed E-state index contributed by atoms with van der Waals surface area (Å²) in [6.45, 7) is 2.01. The molecule has 0 amide bonds. The van der Waals surface area contributed by atoms with Gasteiger partial charge in [-0.05, 0) is 25.1 Å². The Morgan fingerprint density at radius 1 is 1.07 bits per heavy atom. The lowest BCUT2D eigenvalue weighted by Crippen LogP contribution is -2.02. The number of aromatic nitrogens is 1. The predicted molar refractivity (Wildman–Crippen MR) is 58.3 cm³/mol. The van der Waals surface area contributed by atoms with E-state index in [9.17, 15) is 4.79 Å². The largest absolute Gasteiger partial charge is 0.457 e. The number of ether oxygens (including phenoxy) is 1. The van der Waals surface area contributed by atoms with Crippen molar-refractivity contribution in [2.45, 2.75) is 6.92 Å². The summed E-state index contributed by atoms with van der Waals surface area (Å²) in [5, 5.41) is 0. The first-order chi connectivity index (χ1) is 7.24. The van der Waals surface area contributed by atoms with E-state index in [-0.39, 0.29) is 5.56 Å². The number of aromatic amines is 1. The van der Waals surface area contributed by atoms with E-state index < -0.39 is 0 Å². The predicted octanol–water partition coefficient (Wildman–Crippen LogP) is 2.48. The second-order valence-corrected chi connectivity index (χ2v) is 3.30. The van der Waals surface area contributed by atoms with Gasteiger partial charge >= 0.3 is 0 Å². The minimum Gasteiger partial charge on any atom is -0.457 e. The Morgan fingerprint density at radius 2 is 1.80 bits per heavy atom. The van der Waals surface area contributed by atoms with Gasteiger partial charge in [0.05, 0.1) is 0 Å². The van der Waals surface area contributed by atoms with Gasteiger partial charge in [-0.2, -0.15) is 0 Å². The molecule has 3 nitrogen and oxygen atoms in total. The van der Waals surface area contributed by atoms with E-state index in [1.165, 1.54) is 11.6 Å². The second-order valence-electron chi connectivity index (χ2n) is 3.30. The summed E-state index contributed by atoms with van der Waals surface area (Å²) in [5.41, 5.74) is 1.01. The van der Waals surface area contributed by atoms with E-state index in [1.807, 2.05) is 31.2 Å². The molecule has 76 valence electrons. The highest BCUT2D eigenvalue weighted by Crippen LogP contribution is 2.19. The smallest absolute Gasteiger partial charge is 0.251 e. The van der Waals surface area contributed by atoms with Crippen LogP contribution in [0.4, 0.5) is 0 Å². The van der Waals surface area contributed by atoms with Gasteiger partial charge in [-0.25, -0.2) is 0 Å². The van der Waals surface area contributed by atoms with Gasteiger partial charge in [0, 0.05) is 12.3 Å². The number of aryl methyl sites for hydroxylation is 1. The first-order valence-corrected chi connectivity index (χ1v) is 4.67. The van der Waals surface area contributed by atoms with Crippen molar-refractivity contribution < 1.29 is 4.74 Å². The van der Waals surface area contributed by atoms with Gasteiger partial charge in [-0.3, -0.25) is 4.79 Å². The van der Waals surface area contributed by atoms with Crippen molar-refractivity contribution in [1.29, 1.82) is 0 Å². The highest BCUT2D eigenvalue weighted by atomic mass is 16.5. The molecule has 1 heterocycles. The molecule has 0 radical (unpaired) electrons. The number of benzene rings is 1. The maximum Gasteiger partial charge on any atom is 0.251 e. The van der Waals surface area contributed by atoms with Crippen molar-refractivity contribution in [2.75, 3.05) is 0 Å². The van der Waals surface area contributed by atoms with E-state index >= 15 is 0 Å². The number of H-pyrrole nitrogens is 1. The van der Waals surface area contributed by atoms with Crippen LogP contribution in [-0.4, -0.2) is 4.98 Å². The van der Waals surface area contributed by atoms with Crippen molar-refractivity contribution in [2.24, 2.45) is 0 Å². The molecule has 0 spiro atoms. The third-order valence-electron chi connectivity index (χ3n) is 2.00. The van der Waals surface area contributed by atoms with Gasteiger partial charge in [-0.15, -0.1) is 0 Å². The number of rotatable bonds is 2. The quantitative estimate of drug-likeness (QED) is 0.811. The van der Waals surface area contributed by atoms with Crippen molar-refractivity contribution in [3.63, 3.8) is 0 Å². The molecule has 15 heavy (non-hydrogen) atoms. The van der Waals surface area contributed by atoms with Gasteiger partial charge in [0.15, 0.2) is 0 Å². The van der Waals surface area contributed by atoms with Crippen LogP contribution < -0.4 is 10.3 Å².